The molecule has 0 aliphatic carbocycles. The highest BCUT2D eigenvalue weighted by Gasteiger charge is 2.17. The average molecular weight is 358 g/mol. The molecule has 3 rings (SSSR count). The smallest absolute Gasteiger partial charge is 0.0402 e. The predicted octanol–water partition coefficient (Wildman–Crippen LogP) is 6.96. The van der Waals surface area contributed by atoms with Crippen LogP contribution < -0.4 is 4.90 Å². The van der Waals surface area contributed by atoms with Gasteiger partial charge in [-0.05, 0) is 72.1 Å². The molecule has 2 aromatic rings. The van der Waals surface area contributed by atoms with Gasteiger partial charge in [0, 0.05) is 18.8 Å². The van der Waals surface area contributed by atoms with E-state index in [4.69, 9.17) is 0 Å². The lowest BCUT2D eigenvalue weighted by atomic mass is 9.93. The maximum atomic E-state index is 3.99. The molecule has 1 aliphatic rings. The minimum absolute atomic E-state index is 1.05. The zero-order chi connectivity index (χ0) is 19.2. The Balaban J connectivity index is 1.94. The summed E-state index contributed by atoms with van der Waals surface area (Å²) in [6.07, 6.45) is 7.68. The summed E-state index contributed by atoms with van der Waals surface area (Å²) in [5.41, 5.74) is 12.5. The Bertz CT molecular complexity index is 858. The topological polar surface area (TPSA) is 3.24 Å². The first-order valence-electron chi connectivity index (χ1n) is 10.2. The lowest BCUT2D eigenvalue weighted by Gasteiger charge is -2.31. The van der Waals surface area contributed by atoms with E-state index >= 15 is 0 Å². The van der Waals surface area contributed by atoms with E-state index in [9.17, 15) is 0 Å². The third-order valence-electron chi connectivity index (χ3n) is 5.74. The summed E-state index contributed by atoms with van der Waals surface area (Å²) >= 11 is 0. The summed E-state index contributed by atoms with van der Waals surface area (Å²) in [5.74, 6) is 0. The van der Waals surface area contributed by atoms with E-state index in [1.807, 2.05) is 6.08 Å². The quantitative estimate of drug-likeness (QED) is 0.505. The Morgan fingerprint density at radius 3 is 2.59 bits per heavy atom. The normalized spacial score (nSPS) is 14.1. The Labute approximate surface area is 164 Å². The van der Waals surface area contributed by atoms with Crippen LogP contribution in [0, 0.1) is 6.92 Å². The maximum Gasteiger partial charge on any atom is 0.0402 e. The van der Waals surface area contributed by atoms with Crippen molar-refractivity contribution in [2.75, 3.05) is 18.0 Å². The lowest BCUT2D eigenvalue weighted by Crippen LogP contribution is -2.31. The van der Waals surface area contributed by atoms with Crippen molar-refractivity contribution in [3.8, 4) is 11.1 Å². The van der Waals surface area contributed by atoms with E-state index in [1.165, 1.54) is 51.9 Å². The molecule has 1 saturated heterocycles. The van der Waals surface area contributed by atoms with Crippen LogP contribution >= 0.6 is 0 Å². The van der Waals surface area contributed by atoms with Gasteiger partial charge in [0.25, 0.3) is 0 Å². The molecule has 1 heteroatoms. The van der Waals surface area contributed by atoms with Gasteiger partial charge in [0.05, 0.1) is 0 Å². The third kappa shape index (κ3) is 4.26. The minimum Gasteiger partial charge on any atom is -0.371 e. The van der Waals surface area contributed by atoms with Gasteiger partial charge in [-0.3, -0.25) is 0 Å². The molecular formula is C26H31N. The van der Waals surface area contributed by atoms with Crippen molar-refractivity contribution >= 4 is 11.8 Å². The molecule has 1 fully saturated rings. The molecule has 0 spiro atoms. The van der Waals surface area contributed by atoms with Gasteiger partial charge in [0.1, 0.15) is 0 Å². The van der Waals surface area contributed by atoms with Crippen LogP contribution in [0.1, 0.15) is 49.3 Å². The summed E-state index contributed by atoms with van der Waals surface area (Å²) in [5, 5.41) is 0. The number of nitrogens with zero attached hydrogens (tertiary/aromatic N) is 1. The molecule has 0 unspecified atom stereocenters. The predicted molar refractivity (Wildman–Crippen MR) is 119 cm³/mol. The number of benzene rings is 2. The van der Waals surface area contributed by atoms with Gasteiger partial charge in [0.2, 0.25) is 0 Å². The zero-order valence-corrected chi connectivity index (χ0v) is 16.9. The van der Waals surface area contributed by atoms with Gasteiger partial charge in [0.15, 0.2) is 0 Å². The second kappa shape index (κ2) is 8.93. The van der Waals surface area contributed by atoms with Crippen molar-refractivity contribution in [3.05, 3.63) is 77.6 Å². The average Bonchev–Trinajstić information content (AvgIpc) is 2.72. The van der Waals surface area contributed by atoms with E-state index in [1.54, 1.807) is 0 Å². The fourth-order valence-electron chi connectivity index (χ4n) is 4.03. The Kier molecular flexibility index (Phi) is 6.37. The number of unbranched alkanes of at least 4 members (excludes halogenated alkanes) is 1. The SMILES string of the molecule is C=C=C1CCN(c2cccc(-c3ccc(C=C)c(CCCC)c3)c2C)CC1. The molecule has 1 nitrogen and oxygen atoms in total. The van der Waals surface area contributed by atoms with Crippen molar-refractivity contribution in [3.63, 3.8) is 0 Å². The molecule has 1 heterocycles. The number of piperidine rings is 1. The van der Waals surface area contributed by atoms with E-state index < -0.39 is 0 Å². The van der Waals surface area contributed by atoms with Crippen molar-refractivity contribution in [2.24, 2.45) is 0 Å². The van der Waals surface area contributed by atoms with Crippen LogP contribution in [0.15, 0.2) is 60.9 Å². The molecule has 0 bridgehead atoms. The second-order valence-electron chi connectivity index (χ2n) is 7.44. The molecule has 0 atom stereocenters. The number of aryl methyl sites for hydroxylation is 1. The van der Waals surface area contributed by atoms with E-state index in [2.05, 4.69) is 74.0 Å². The monoisotopic (exact) mass is 357 g/mol. The molecule has 2 aromatic carbocycles. The number of hydrogen-bond donors (Lipinski definition) is 0. The zero-order valence-electron chi connectivity index (χ0n) is 16.9. The maximum absolute atomic E-state index is 3.99. The van der Waals surface area contributed by atoms with Crippen LogP contribution in [0.4, 0.5) is 5.69 Å². The van der Waals surface area contributed by atoms with Crippen LogP contribution in [0.25, 0.3) is 17.2 Å². The largest absolute Gasteiger partial charge is 0.371 e. The van der Waals surface area contributed by atoms with Crippen molar-refractivity contribution in [1.29, 1.82) is 0 Å². The first-order valence-corrected chi connectivity index (χ1v) is 10.2. The first-order chi connectivity index (χ1) is 13.2. The van der Waals surface area contributed by atoms with E-state index in [-0.39, 0.29) is 0 Å². The van der Waals surface area contributed by atoms with Crippen molar-refractivity contribution in [2.45, 2.75) is 46.0 Å². The van der Waals surface area contributed by atoms with Crippen molar-refractivity contribution < 1.29 is 0 Å². The highest BCUT2D eigenvalue weighted by molar-refractivity contribution is 5.76. The van der Waals surface area contributed by atoms with Crippen LogP contribution in [-0.4, -0.2) is 13.1 Å². The molecule has 140 valence electrons. The highest BCUT2D eigenvalue weighted by Crippen LogP contribution is 2.34. The van der Waals surface area contributed by atoms with Gasteiger partial charge in [-0.25, -0.2) is 0 Å². The summed E-state index contributed by atoms with van der Waals surface area (Å²) in [6.45, 7) is 14.4. The number of anilines is 1. The van der Waals surface area contributed by atoms with E-state index in [0.717, 1.165) is 32.4 Å². The molecule has 0 radical (unpaired) electrons. The highest BCUT2D eigenvalue weighted by atomic mass is 15.1. The Morgan fingerprint density at radius 2 is 1.93 bits per heavy atom. The summed E-state index contributed by atoms with van der Waals surface area (Å²) in [4.78, 5) is 2.51. The van der Waals surface area contributed by atoms with Crippen LogP contribution in [-0.2, 0) is 6.42 Å². The molecule has 1 aliphatic heterocycles. The number of rotatable bonds is 6. The van der Waals surface area contributed by atoms with E-state index in [0.29, 0.717) is 0 Å². The Morgan fingerprint density at radius 1 is 1.15 bits per heavy atom. The first kappa shape index (κ1) is 19.3. The van der Waals surface area contributed by atoms with Crippen LogP contribution in [0.5, 0.6) is 0 Å². The summed E-state index contributed by atoms with van der Waals surface area (Å²) in [7, 11) is 0. The van der Waals surface area contributed by atoms with Gasteiger partial charge >= 0.3 is 0 Å². The Hall–Kier alpha value is -2.50. The van der Waals surface area contributed by atoms with Gasteiger partial charge in [-0.15, -0.1) is 5.73 Å². The van der Waals surface area contributed by atoms with Gasteiger partial charge in [-0.2, -0.15) is 0 Å². The number of hydrogen-bond acceptors (Lipinski definition) is 1. The summed E-state index contributed by atoms with van der Waals surface area (Å²) in [6, 6.07) is 13.5. The van der Waals surface area contributed by atoms with Gasteiger partial charge < -0.3 is 4.90 Å². The minimum atomic E-state index is 1.05. The fourth-order valence-corrected chi connectivity index (χ4v) is 4.03. The molecule has 27 heavy (non-hydrogen) atoms. The molecule has 0 amide bonds. The molecular weight excluding hydrogens is 326 g/mol. The molecule has 0 saturated carbocycles. The second-order valence-corrected chi connectivity index (χ2v) is 7.44. The lowest BCUT2D eigenvalue weighted by molar-refractivity contribution is 0.685. The fraction of sp³-hybridized carbons (Fsp3) is 0.346. The van der Waals surface area contributed by atoms with Crippen LogP contribution in [0.3, 0.4) is 0 Å². The third-order valence-corrected chi connectivity index (χ3v) is 5.74. The standard InChI is InChI=1S/C26H31N/c1-5-8-10-23-19-24(14-13-22(23)7-3)25-11-9-12-26(20(25)4)27-17-15-21(6-2)16-18-27/h7,9,11-14,19H,2-3,5,8,10,15-18H2,1,4H3. The van der Waals surface area contributed by atoms with Crippen molar-refractivity contribution in [1.82, 2.24) is 0 Å². The summed E-state index contributed by atoms with van der Waals surface area (Å²) < 4.78 is 0. The molecule has 0 aromatic heterocycles. The van der Waals surface area contributed by atoms with Gasteiger partial charge in [-0.1, -0.05) is 62.9 Å². The van der Waals surface area contributed by atoms with Crippen LogP contribution in [0.2, 0.25) is 0 Å². The molecule has 0 N–H and O–H groups in total.